The largest absolute Gasteiger partial charge is 0.369 e. The Bertz CT molecular complexity index is 454. The average molecular weight is 276 g/mol. The highest BCUT2D eigenvalue weighted by molar-refractivity contribution is 5.51. The van der Waals surface area contributed by atoms with E-state index in [4.69, 9.17) is 10.7 Å². The van der Waals surface area contributed by atoms with E-state index in [0.717, 1.165) is 31.8 Å². The summed E-state index contributed by atoms with van der Waals surface area (Å²) in [4.78, 5) is 11.9. The van der Waals surface area contributed by atoms with Crippen LogP contribution in [0.15, 0.2) is 6.20 Å². The summed E-state index contributed by atoms with van der Waals surface area (Å²) < 4.78 is 0. The number of rotatable bonds is 2. The summed E-state index contributed by atoms with van der Waals surface area (Å²) in [6.07, 6.45) is 4.12. The molecule has 1 fully saturated rings. The van der Waals surface area contributed by atoms with Crippen molar-refractivity contribution in [3.63, 3.8) is 0 Å². The monoisotopic (exact) mass is 276 g/mol. The van der Waals surface area contributed by atoms with Crippen molar-refractivity contribution < 1.29 is 0 Å². The van der Waals surface area contributed by atoms with Gasteiger partial charge in [-0.3, -0.25) is 0 Å². The van der Waals surface area contributed by atoms with Crippen LogP contribution >= 0.6 is 0 Å². The summed E-state index contributed by atoms with van der Waals surface area (Å²) in [5, 5.41) is 0. The maximum Gasteiger partial charge on any atom is 0.134 e. The summed E-state index contributed by atoms with van der Waals surface area (Å²) in [6, 6.07) is 0.350. The number of hydrogen-bond donors (Lipinski definition) is 1. The molecule has 0 aliphatic carbocycles. The molecule has 0 radical (unpaired) electrons. The standard InChI is InChI=1S/C16H28N4/c1-11(2)14-13(20-8-6-12(17)7-9-20)10-18-15(19-14)16(3,4)5/h10-12H,6-9,17H2,1-5H3. The average Bonchev–Trinajstić information content (AvgIpc) is 2.38. The molecule has 2 rings (SSSR count). The lowest BCUT2D eigenvalue weighted by molar-refractivity contribution is 0.496. The van der Waals surface area contributed by atoms with E-state index >= 15 is 0 Å². The van der Waals surface area contributed by atoms with Crippen molar-refractivity contribution in [2.45, 2.75) is 64.8 Å². The lowest BCUT2D eigenvalue weighted by Crippen LogP contribution is -2.40. The Balaban J connectivity index is 2.33. The predicted molar refractivity (Wildman–Crippen MR) is 84.2 cm³/mol. The molecule has 112 valence electrons. The Hall–Kier alpha value is -1.16. The van der Waals surface area contributed by atoms with E-state index in [1.165, 1.54) is 11.4 Å². The molecule has 0 aromatic carbocycles. The Morgan fingerprint density at radius 3 is 2.35 bits per heavy atom. The quantitative estimate of drug-likeness (QED) is 0.902. The van der Waals surface area contributed by atoms with E-state index in [0.29, 0.717) is 12.0 Å². The molecule has 0 unspecified atom stereocenters. The zero-order chi connectivity index (χ0) is 14.9. The van der Waals surface area contributed by atoms with Crippen LogP contribution < -0.4 is 10.6 Å². The number of nitrogens with zero attached hydrogens (tertiary/aromatic N) is 3. The van der Waals surface area contributed by atoms with Gasteiger partial charge in [0.05, 0.1) is 17.6 Å². The van der Waals surface area contributed by atoms with E-state index in [9.17, 15) is 0 Å². The van der Waals surface area contributed by atoms with Crippen LogP contribution in [0, 0.1) is 0 Å². The summed E-state index contributed by atoms with van der Waals surface area (Å²) in [6.45, 7) is 12.9. The van der Waals surface area contributed by atoms with Crippen molar-refractivity contribution in [2.75, 3.05) is 18.0 Å². The zero-order valence-electron chi connectivity index (χ0n) is 13.5. The van der Waals surface area contributed by atoms with Crippen molar-refractivity contribution in [1.29, 1.82) is 0 Å². The minimum atomic E-state index is -0.00752. The van der Waals surface area contributed by atoms with Gasteiger partial charge >= 0.3 is 0 Å². The van der Waals surface area contributed by atoms with Crippen molar-refractivity contribution in [3.8, 4) is 0 Å². The predicted octanol–water partition coefficient (Wildman–Crippen LogP) is 2.83. The van der Waals surface area contributed by atoms with Gasteiger partial charge in [0.15, 0.2) is 0 Å². The molecule has 20 heavy (non-hydrogen) atoms. The highest BCUT2D eigenvalue weighted by Gasteiger charge is 2.24. The molecule has 1 aromatic heterocycles. The normalized spacial score (nSPS) is 17.9. The van der Waals surface area contributed by atoms with Crippen LogP contribution in [0.25, 0.3) is 0 Å². The minimum Gasteiger partial charge on any atom is -0.369 e. The topological polar surface area (TPSA) is 55.0 Å². The Kier molecular flexibility index (Phi) is 4.33. The van der Waals surface area contributed by atoms with Crippen LogP contribution in [0.2, 0.25) is 0 Å². The third kappa shape index (κ3) is 3.29. The number of hydrogen-bond acceptors (Lipinski definition) is 4. The van der Waals surface area contributed by atoms with E-state index in [1.54, 1.807) is 0 Å². The Morgan fingerprint density at radius 1 is 1.25 bits per heavy atom. The van der Waals surface area contributed by atoms with Crippen LogP contribution in [0.5, 0.6) is 0 Å². The van der Waals surface area contributed by atoms with Gasteiger partial charge in [0.1, 0.15) is 5.82 Å². The van der Waals surface area contributed by atoms with E-state index in [1.807, 2.05) is 6.20 Å². The van der Waals surface area contributed by atoms with Crippen LogP contribution in [0.1, 0.15) is 64.9 Å². The van der Waals surface area contributed by atoms with Gasteiger partial charge in [0, 0.05) is 24.5 Å². The molecule has 1 aliphatic rings. The Labute approximate surface area is 122 Å². The molecule has 1 aromatic rings. The van der Waals surface area contributed by atoms with Gasteiger partial charge in [-0.2, -0.15) is 0 Å². The van der Waals surface area contributed by atoms with Crippen molar-refractivity contribution >= 4 is 5.69 Å². The fraction of sp³-hybridized carbons (Fsp3) is 0.750. The highest BCUT2D eigenvalue weighted by atomic mass is 15.2. The van der Waals surface area contributed by atoms with E-state index < -0.39 is 0 Å². The molecular formula is C16H28N4. The highest BCUT2D eigenvalue weighted by Crippen LogP contribution is 2.29. The SMILES string of the molecule is CC(C)c1nc(C(C)(C)C)ncc1N1CCC(N)CC1. The lowest BCUT2D eigenvalue weighted by atomic mass is 9.95. The number of aromatic nitrogens is 2. The maximum absolute atomic E-state index is 6.00. The molecule has 2 heterocycles. The van der Waals surface area contributed by atoms with Gasteiger partial charge in [-0.05, 0) is 18.8 Å². The first-order valence-corrected chi connectivity index (χ1v) is 7.67. The van der Waals surface area contributed by atoms with Gasteiger partial charge in [0.25, 0.3) is 0 Å². The first-order valence-electron chi connectivity index (χ1n) is 7.67. The molecule has 4 heteroatoms. The second-order valence-electron chi connectivity index (χ2n) is 7.19. The molecule has 1 saturated heterocycles. The fourth-order valence-corrected chi connectivity index (χ4v) is 2.56. The second-order valence-corrected chi connectivity index (χ2v) is 7.19. The lowest BCUT2D eigenvalue weighted by Gasteiger charge is -2.33. The number of anilines is 1. The summed E-state index contributed by atoms with van der Waals surface area (Å²) in [5.41, 5.74) is 8.35. The van der Waals surface area contributed by atoms with Crippen molar-refractivity contribution in [2.24, 2.45) is 5.73 Å². The number of nitrogens with two attached hydrogens (primary N) is 1. The summed E-state index contributed by atoms with van der Waals surface area (Å²) in [7, 11) is 0. The molecule has 0 saturated carbocycles. The molecule has 0 atom stereocenters. The molecule has 0 bridgehead atoms. The third-order valence-electron chi connectivity index (χ3n) is 3.90. The third-order valence-corrected chi connectivity index (χ3v) is 3.90. The summed E-state index contributed by atoms with van der Waals surface area (Å²) in [5.74, 6) is 1.34. The smallest absolute Gasteiger partial charge is 0.134 e. The molecule has 0 amide bonds. The molecule has 2 N–H and O–H groups in total. The van der Waals surface area contributed by atoms with Gasteiger partial charge in [-0.1, -0.05) is 34.6 Å². The van der Waals surface area contributed by atoms with Crippen LogP contribution in [0.3, 0.4) is 0 Å². The Morgan fingerprint density at radius 2 is 1.85 bits per heavy atom. The number of piperidine rings is 1. The molecular weight excluding hydrogens is 248 g/mol. The first kappa shape index (κ1) is 15.2. The first-order chi connectivity index (χ1) is 9.29. The molecule has 1 aliphatic heterocycles. The molecule has 4 nitrogen and oxygen atoms in total. The van der Waals surface area contributed by atoms with E-state index in [2.05, 4.69) is 44.5 Å². The second kappa shape index (κ2) is 5.68. The van der Waals surface area contributed by atoms with Crippen LogP contribution in [0.4, 0.5) is 5.69 Å². The van der Waals surface area contributed by atoms with Gasteiger partial charge in [-0.15, -0.1) is 0 Å². The van der Waals surface area contributed by atoms with E-state index in [-0.39, 0.29) is 5.41 Å². The van der Waals surface area contributed by atoms with Crippen LogP contribution in [-0.2, 0) is 5.41 Å². The zero-order valence-corrected chi connectivity index (χ0v) is 13.5. The van der Waals surface area contributed by atoms with Gasteiger partial charge < -0.3 is 10.6 Å². The maximum atomic E-state index is 6.00. The van der Waals surface area contributed by atoms with Crippen molar-refractivity contribution in [1.82, 2.24) is 9.97 Å². The summed E-state index contributed by atoms with van der Waals surface area (Å²) >= 11 is 0. The molecule has 0 spiro atoms. The minimum absolute atomic E-state index is 0.00752. The van der Waals surface area contributed by atoms with Crippen LogP contribution in [-0.4, -0.2) is 29.1 Å². The fourth-order valence-electron chi connectivity index (χ4n) is 2.56. The van der Waals surface area contributed by atoms with Gasteiger partial charge in [-0.25, -0.2) is 9.97 Å². The van der Waals surface area contributed by atoms with Gasteiger partial charge in [0.2, 0.25) is 0 Å². The van der Waals surface area contributed by atoms with Crippen molar-refractivity contribution in [3.05, 3.63) is 17.7 Å².